The second kappa shape index (κ2) is 7.46. The zero-order valence-electron chi connectivity index (χ0n) is 15.8. The smallest absolute Gasteiger partial charge is 0.416 e. The second-order valence-corrected chi connectivity index (χ2v) is 7.40. The van der Waals surface area contributed by atoms with Crippen molar-refractivity contribution < 1.29 is 27.4 Å². The minimum atomic E-state index is -4.51. The highest BCUT2D eigenvalue weighted by molar-refractivity contribution is 5.97. The lowest BCUT2D eigenvalue weighted by molar-refractivity contribution is -0.137. The number of ether oxygens (including phenoxy) is 2. The molecule has 0 unspecified atom stereocenters. The monoisotopic (exact) mass is 397 g/mol. The third-order valence-electron chi connectivity index (χ3n) is 4.58. The molecule has 1 fully saturated rings. The van der Waals surface area contributed by atoms with Gasteiger partial charge in [-0.3, -0.25) is 9.48 Å². The lowest BCUT2D eigenvalue weighted by Crippen LogP contribution is -2.40. The summed E-state index contributed by atoms with van der Waals surface area (Å²) >= 11 is 0. The first-order valence-corrected chi connectivity index (χ1v) is 8.82. The van der Waals surface area contributed by atoms with Crippen LogP contribution >= 0.6 is 0 Å². The highest BCUT2D eigenvalue weighted by Crippen LogP contribution is 2.36. The maximum Gasteiger partial charge on any atom is 0.416 e. The summed E-state index contributed by atoms with van der Waals surface area (Å²) in [4.78, 5) is 12.8. The molecule has 1 saturated heterocycles. The fourth-order valence-electron chi connectivity index (χ4n) is 2.61. The number of aryl methyl sites for hydroxylation is 1. The maximum absolute atomic E-state index is 13.1. The molecule has 0 spiro atoms. The van der Waals surface area contributed by atoms with Crippen molar-refractivity contribution in [3.63, 3.8) is 0 Å². The third-order valence-corrected chi connectivity index (χ3v) is 4.58. The van der Waals surface area contributed by atoms with E-state index >= 15 is 0 Å². The molecular weight excluding hydrogens is 375 g/mol. The average molecular weight is 397 g/mol. The molecule has 0 saturated carbocycles. The number of aromatic nitrogens is 2. The number of benzene rings is 1. The molecule has 6 nitrogen and oxygen atoms in total. The van der Waals surface area contributed by atoms with Crippen molar-refractivity contribution in [3.05, 3.63) is 41.7 Å². The van der Waals surface area contributed by atoms with Crippen LogP contribution in [-0.4, -0.2) is 35.5 Å². The first kappa shape index (κ1) is 20.2. The van der Waals surface area contributed by atoms with Crippen LogP contribution in [0.15, 0.2) is 30.6 Å². The molecule has 0 bridgehead atoms. The molecule has 2 heterocycles. The molecule has 1 aromatic heterocycles. The van der Waals surface area contributed by atoms with E-state index in [1.54, 1.807) is 26.2 Å². The molecule has 9 heteroatoms. The number of hydrogen-bond donors (Lipinski definition) is 1. The molecule has 0 atom stereocenters. The van der Waals surface area contributed by atoms with E-state index in [9.17, 15) is 18.0 Å². The van der Waals surface area contributed by atoms with Gasteiger partial charge in [0.05, 0.1) is 37.3 Å². The Morgan fingerprint density at radius 3 is 2.61 bits per heavy atom. The molecule has 3 rings (SSSR count). The Labute approximate surface area is 160 Å². The standard InChI is InChI=1S/C19H22F3N3O3/c1-12-7-23-25(8-12)18(2,3)17(26)24-15-5-4-14(19(20,21)22)6-16(15)28-11-13-9-27-10-13/h4-8,13H,9-11H2,1-3H3,(H,24,26). The first-order chi connectivity index (χ1) is 13.1. The van der Waals surface area contributed by atoms with Gasteiger partial charge in [-0.15, -0.1) is 0 Å². The Kier molecular flexibility index (Phi) is 5.38. The zero-order valence-corrected chi connectivity index (χ0v) is 15.8. The van der Waals surface area contributed by atoms with E-state index in [-0.39, 0.29) is 24.0 Å². The van der Waals surface area contributed by atoms with Crippen LogP contribution in [0.25, 0.3) is 0 Å². The summed E-state index contributed by atoms with van der Waals surface area (Å²) in [5, 5.41) is 6.83. The number of rotatable bonds is 6. The Morgan fingerprint density at radius 1 is 1.36 bits per heavy atom. The van der Waals surface area contributed by atoms with Crippen LogP contribution in [0.4, 0.5) is 18.9 Å². The zero-order chi connectivity index (χ0) is 20.5. The van der Waals surface area contributed by atoms with Gasteiger partial charge in [-0.1, -0.05) is 0 Å². The lowest BCUT2D eigenvalue weighted by atomic mass is 10.0. The number of carbonyl (C=O) groups excluding carboxylic acids is 1. The number of anilines is 1. The minimum absolute atomic E-state index is 0.0254. The molecular formula is C19H22F3N3O3. The van der Waals surface area contributed by atoms with Crippen molar-refractivity contribution >= 4 is 11.6 Å². The SMILES string of the molecule is Cc1cnn(C(C)(C)C(=O)Nc2ccc(C(F)(F)F)cc2OCC2COC2)c1. The van der Waals surface area contributed by atoms with E-state index in [4.69, 9.17) is 9.47 Å². The number of amides is 1. The van der Waals surface area contributed by atoms with Crippen molar-refractivity contribution in [2.24, 2.45) is 5.92 Å². The largest absolute Gasteiger partial charge is 0.491 e. The molecule has 28 heavy (non-hydrogen) atoms. The number of alkyl halides is 3. The van der Waals surface area contributed by atoms with E-state index in [2.05, 4.69) is 10.4 Å². The Hall–Kier alpha value is -2.55. The molecule has 152 valence electrons. The van der Waals surface area contributed by atoms with E-state index < -0.39 is 23.2 Å². The maximum atomic E-state index is 13.1. The quantitative estimate of drug-likeness (QED) is 0.809. The van der Waals surface area contributed by atoms with Crippen molar-refractivity contribution in [1.82, 2.24) is 9.78 Å². The van der Waals surface area contributed by atoms with E-state index in [0.29, 0.717) is 13.2 Å². The van der Waals surface area contributed by atoms with Gasteiger partial charge in [0, 0.05) is 12.1 Å². The summed E-state index contributed by atoms with van der Waals surface area (Å²) < 4.78 is 51.4. The van der Waals surface area contributed by atoms with Crippen LogP contribution in [0, 0.1) is 12.8 Å². The Balaban J connectivity index is 1.83. The van der Waals surface area contributed by atoms with Crippen LogP contribution in [-0.2, 0) is 21.2 Å². The van der Waals surface area contributed by atoms with Crippen LogP contribution < -0.4 is 10.1 Å². The van der Waals surface area contributed by atoms with Crippen molar-refractivity contribution in [3.8, 4) is 5.75 Å². The summed E-state index contributed by atoms with van der Waals surface area (Å²) in [5.41, 5.74) is -0.819. The van der Waals surface area contributed by atoms with Crippen LogP contribution in [0.1, 0.15) is 25.0 Å². The third kappa shape index (κ3) is 4.30. The second-order valence-electron chi connectivity index (χ2n) is 7.40. The van der Waals surface area contributed by atoms with Crippen LogP contribution in [0.3, 0.4) is 0 Å². The van der Waals surface area contributed by atoms with Crippen molar-refractivity contribution in [2.75, 3.05) is 25.1 Å². The van der Waals surface area contributed by atoms with Gasteiger partial charge in [0.1, 0.15) is 11.3 Å². The number of halogens is 3. The minimum Gasteiger partial charge on any atom is -0.491 e. The molecule has 1 aromatic carbocycles. The fraction of sp³-hybridized carbons (Fsp3) is 0.474. The lowest BCUT2D eigenvalue weighted by Gasteiger charge is -2.27. The highest BCUT2D eigenvalue weighted by Gasteiger charge is 2.34. The first-order valence-electron chi connectivity index (χ1n) is 8.82. The number of carbonyl (C=O) groups is 1. The van der Waals surface area contributed by atoms with Gasteiger partial charge in [-0.05, 0) is 44.5 Å². The summed E-state index contributed by atoms with van der Waals surface area (Å²) in [6.45, 7) is 6.42. The van der Waals surface area contributed by atoms with Gasteiger partial charge in [0.25, 0.3) is 5.91 Å². The van der Waals surface area contributed by atoms with Crippen molar-refractivity contribution in [2.45, 2.75) is 32.5 Å². The normalized spacial score (nSPS) is 15.2. The van der Waals surface area contributed by atoms with E-state index in [0.717, 1.165) is 17.7 Å². The highest BCUT2D eigenvalue weighted by atomic mass is 19.4. The van der Waals surface area contributed by atoms with E-state index in [1.807, 2.05) is 6.92 Å². The summed E-state index contributed by atoms with van der Waals surface area (Å²) in [5.74, 6) is -0.323. The predicted molar refractivity (Wildman–Crippen MR) is 96.2 cm³/mol. The molecule has 0 aliphatic carbocycles. The summed E-state index contributed by atoms with van der Waals surface area (Å²) in [7, 11) is 0. The topological polar surface area (TPSA) is 65.4 Å². The fourth-order valence-corrected chi connectivity index (χ4v) is 2.61. The number of nitrogens with one attached hydrogen (secondary N) is 1. The molecule has 1 amide bonds. The molecule has 1 N–H and O–H groups in total. The van der Waals surface area contributed by atoms with Crippen molar-refractivity contribution in [1.29, 1.82) is 0 Å². The van der Waals surface area contributed by atoms with E-state index in [1.165, 1.54) is 10.7 Å². The molecule has 1 aliphatic heterocycles. The van der Waals surface area contributed by atoms with Gasteiger partial charge in [-0.2, -0.15) is 18.3 Å². The summed E-state index contributed by atoms with van der Waals surface area (Å²) in [6.07, 6.45) is -1.16. The van der Waals surface area contributed by atoms with Gasteiger partial charge in [0.2, 0.25) is 0 Å². The number of nitrogens with zero attached hydrogens (tertiary/aromatic N) is 2. The molecule has 1 aliphatic rings. The Morgan fingerprint density at radius 2 is 2.07 bits per heavy atom. The summed E-state index contributed by atoms with van der Waals surface area (Å²) in [6, 6.07) is 3.03. The Bertz CT molecular complexity index is 858. The van der Waals surface area contributed by atoms with Gasteiger partial charge < -0.3 is 14.8 Å². The van der Waals surface area contributed by atoms with Crippen LogP contribution in [0.5, 0.6) is 5.75 Å². The van der Waals surface area contributed by atoms with Gasteiger partial charge in [-0.25, -0.2) is 0 Å². The molecule has 2 aromatic rings. The van der Waals surface area contributed by atoms with Crippen LogP contribution in [0.2, 0.25) is 0 Å². The van der Waals surface area contributed by atoms with Gasteiger partial charge in [0.15, 0.2) is 0 Å². The average Bonchev–Trinajstić information content (AvgIpc) is 3.01. The van der Waals surface area contributed by atoms with Gasteiger partial charge >= 0.3 is 6.18 Å². The predicted octanol–water partition coefficient (Wildman–Crippen LogP) is 3.61. The number of hydrogen-bond acceptors (Lipinski definition) is 4. The molecule has 0 radical (unpaired) electrons.